The Morgan fingerprint density at radius 2 is 1.72 bits per heavy atom. The van der Waals surface area contributed by atoms with Crippen LogP contribution in [0.4, 0.5) is 4.79 Å². The zero-order valence-corrected chi connectivity index (χ0v) is 22.6. The molecule has 0 aliphatic carbocycles. The molecule has 1 atom stereocenters. The quantitative estimate of drug-likeness (QED) is 0.464. The highest BCUT2D eigenvalue weighted by molar-refractivity contribution is 7.89. The molecule has 0 aromatic heterocycles. The average molecular weight is 537 g/mol. The van der Waals surface area contributed by atoms with Crippen molar-refractivity contribution in [2.24, 2.45) is 5.41 Å². The van der Waals surface area contributed by atoms with E-state index in [9.17, 15) is 18.0 Å². The molecule has 1 aliphatic rings. The molecule has 0 radical (unpaired) electrons. The summed E-state index contributed by atoms with van der Waals surface area (Å²) in [6, 6.07) is 12.2. The van der Waals surface area contributed by atoms with Crippen LogP contribution in [0, 0.1) is 5.41 Å². The van der Waals surface area contributed by atoms with Crippen molar-refractivity contribution in [3.8, 4) is 0 Å². The first kappa shape index (κ1) is 28.0. The van der Waals surface area contributed by atoms with Crippen LogP contribution in [0.5, 0.6) is 0 Å². The summed E-state index contributed by atoms with van der Waals surface area (Å²) in [5, 5.41) is 0.435. The topological polar surface area (TPSA) is 93.2 Å². The second-order valence-corrected chi connectivity index (χ2v) is 12.4. The molecular formula is C26H33ClN2O6S. The van der Waals surface area contributed by atoms with Gasteiger partial charge in [0.05, 0.1) is 24.2 Å². The lowest BCUT2D eigenvalue weighted by atomic mass is 9.99. The summed E-state index contributed by atoms with van der Waals surface area (Å²) in [5.74, 6) is -0.469. The van der Waals surface area contributed by atoms with Gasteiger partial charge < -0.3 is 14.4 Å². The summed E-state index contributed by atoms with van der Waals surface area (Å²) in [7, 11) is -2.62. The molecule has 36 heavy (non-hydrogen) atoms. The van der Waals surface area contributed by atoms with Crippen molar-refractivity contribution in [2.75, 3.05) is 26.8 Å². The molecule has 10 heteroatoms. The number of amides is 1. The maximum Gasteiger partial charge on any atom is 0.409 e. The molecule has 2 aromatic carbocycles. The fraction of sp³-hybridized carbons (Fsp3) is 0.462. The van der Waals surface area contributed by atoms with Crippen molar-refractivity contribution in [3.63, 3.8) is 0 Å². The summed E-state index contributed by atoms with van der Waals surface area (Å²) in [4.78, 5) is 26.2. The van der Waals surface area contributed by atoms with Gasteiger partial charge >= 0.3 is 12.1 Å². The monoisotopic (exact) mass is 536 g/mol. The van der Waals surface area contributed by atoms with Crippen molar-refractivity contribution in [3.05, 3.63) is 64.7 Å². The first-order valence-electron chi connectivity index (χ1n) is 11.8. The largest absolute Gasteiger partial charge is 0.465 e. The predicted octanol–water partition coefficient (Wildman–Crippen LogP) is 4.96. The number of methoxy groups -OCH3 is 1. The maximum atomic E-state index is 13.8. The van der Waals surface area contributed by atoms with E-state index in [0.29, 0.717) is 35.5 Å². The van der Waals surface area contributed by atoms with Gasteiger partial charge in [-0.2, -0.15) is 4.31 Å². The summed E-state index contributed by atoms with van der Waals surface area (Å²) in [5.41, 5.74) is 0.900. The molecule has 1 saturated heterocycles. The summed E-state index contributed by atoms with van der Waals surface area (Å²) < 4.78 is 39.2. The molecule has 1 amide bonds. The number of nitrogens with zero attached hydrogens (tertiary/aromatic N) is 2. The van der Waals surface area contributed by atoms with Gasteiger partial charge in [-0.25, -0.2) is 18.0 Å². The molecule has 196 valence electrons. The number of esters is 1. The summed E-state index contributed by atoms with van der Waals surface area (Å²) in [6.07, 6.45) is 0.792. The highest BCUT2D eigenvalue weighted by Crippen LogP contribution is 2.27. The van der Waals surface area contributed by atoms with Crippen molar-refractivity contribution >= 4 is 33.7 Å². The Morgan fingerprint density at radius 1 is 1.08 bits per heavy atom. The van der Waals surface area contributed by atoms with E-state index in [0.717, 1.165) is 0 Å². The number of sulfonamides is 1. The number of piperidine rings is 1. The van der Waals surface area contributed by atoms with Gasteiger partial charge in [-0.1, -0.05) is 44.5 Å². The second kappa shape index (κ2) is 11.6. The standard InChI is InChI=1S/C26H33ClN2O6S/c1-26(2,3)18-35-25(31)28-15-5-6-22(17-28)29(36(32,33)23-13-11-21(27)12-14-23)16-19-7-9-20(10-8-19)24(30)34-4/h7-14,22H,5-6,15-18H2,1-4H3. The molecule has 0 bridgehead atoms. The molecule has 0 saturated carbocycles. The first-order chi connectivity index (χ1) is 16.9. The number of ether oxygens (including phenoxy) is 2. The molecule has 0 N–H and O–H groups in total. The molecule has 1 heterocycles. The Balaban J connectivity index is 1.88. The van der Waals surface area contributed by atoms with Crippen LogP contribution in [-0.4, -0.2) is 62.5 Å². The van der Waals surface area contributed by atoms with Crippen LogP contribution >= 0.6 is 11.6 Å². The fourth-order valence-corrected chi connectivity index (χ4v) is 5.68. The van der Waals surface area contributed by atoms with Crippen LogP contribution in [0.3, 0.4) is 0 Å². The van der Waals surface area contributed by atoms with Crippen LogP contribution in [0.2, 0.25) is 5.02 Å². The van der Waals surface area contributed by atoms with Crippen LogP contribution < -0.4 is 0 Å². The molecule has 1 unspecified atom stereocenters. The molecule has 1 aliphatic heterocycles. The predicted molar refractivity (Wildman–Crippen MR) is 137 cm³/mol. The van der Waals surface area contributed by atoms with Gasteiger partial charge in [-0.15, -0.1) is 0 Å². The third-order valence-corrected chi connectivity index (χ3v) is 7.99. The minimum Gasteiger partial charge on any atom is -0.465 e. The lowest BCUT2D eigenvalue weighted by Crippen LogP contribution is -2.51. The Bertz CT molecular complexity index is 1160. The lowest BCUT2D eigenvalue weighted by Gasteiger charge is -2.38. The molecule has 2 aromatic rings. The number of carbonyl (C=O) groups is 2. The molecule has 3 rings (SSSR count). The van der Waals surface area contributed by atoms with Crippen molar-refractivity contribution in [2.45, 2.75) is 51.1 Å². The molecule has 1 fully saturated rings. The van der Waals surface area contributed by atoms with Gasteiger partial charge in [0.1, 0.15) is 0 Å². The maximum absolute atomic E-state index is 13.8. The van der Waals surface area contributed by atoms with Gasteiger partial charge in [-0.05, 0) is 60.2 Å². The normalized spacial score (nSPS) is 16.6. The molecule has 0 spiro atoms. The van der Waals surface area contributed by atoms with Gasteiger partial charge in [0.2, 0.25) is 10.0 Å². The van der Waals surface area contributed by atoms with Crippen molar-refractivity contribution < 1.29 is 27.5 Å². The number of hydrogen-bond donors (Lipinski definition) is 0. The Hall–Kier alpha value is -2.62. The van der Waals surface area contributed by atoms with Crippen LogP contribution in [0.1, 0.15) is 49.5 Å². The van der Waals surface area contributed by atoms with Crippen LogP contribution in [0.15, 0.2) is 53.4 Å². The second-order valence-electron chi connectivity index (χ2n) is 10.0. The van der Waals surface area contributed by atoms with E-state index in [2.05, 4.69) is 0 Å². The van der Waals surface area contributed by atoms with Crippen molar-refractivity contribution in [1.82, 2.24) is 9.21 Å². The Kier molecular flexibility index (Phi) is 9.03. The highest BCUT2D eigenvalue weighted by Gasteiger charge is 2.36. The zero-order chi connectivity index (χ0) is 26.5. The Labute approximate surface area is 218 Å². The number of rotatable bonds is 7. The first-order valence-corrected chi connectivity index (χ1v) is 13.6. The van der Waals surface area contributed by atoms with Gasteiger partial charge in [0.25, 0.3) is 0 Å². The van der Waals surface area contributed by atoms with Crippen LogP contribution in [-0.2, 0) is 26.0 Å². The smallest absolute Gasteiger partial charge is 0.409 e. The van der Waals surface area contributed by atoms with E-state index in [1.807, 2.05) is 20.8 Å². The van der Waals surface area contributed by atoms with E-state index in [1.165, 1.54) is 35.7 Å². The van der Waals surface area contributed by atoms with E-state index in [-0.39, 0.29) is 30.0 Å². The van der Waals surface area contributed by atoms with Gasteiger partial charge in [0.15, 0.2) is 0 Å². The van der Waals surface area contributed by atoms with Gasteiger partial charge in [0, 0.05) is 30.7 Å². The Morgan fingerprint density at radius 3 is 2.31 bits per heavy atom. The van der Waals surface area contributed by atoms with E-state index in [1.54, 1.807) is 29.2 Å². The number of likely N-dealkylation sites (tertiary alicyclic amines) is 1. The molecule has 8 nitrogen and oxygen atoms in total. The lowest BCUT2D eigenvalue weighted by molar-refractivity contribution is 0.0565. The van der Waals surface area contributed by atoms with Crippen molar-refractivity contribution in [1.29, 1.82) is 0 Å². The zero-order valence-electron chi connectivity index (χ0n) is 21.1. The summed E-state index contributed by atoms with van der Waals surface area (Å²) in [6.45, 7) is 6.99. The number of carbonyl (C=O) groups excluding carboxylic acids is 2. The van der Waals surface area contributed by atoms with E-state index < -0.39 is 28.1 Å². The minimum atomic E-state index is -3.93. The third kappa shape index (κ3) is 7.21. The number of benzene rings is 2. The fourth-order valence-electron chi connectivity index (χ4n) is 3.92. The average Bonchev–Trinajstić information content (AvgIpc) is 2.85. The number of hydrogen-bond acceptors (Lipinski definition) is 6. The molecular weight excluding hydrogens is 504 g/mol. The van der Waals surface area contributed by atoms with E-state index >= 15 is 0 Å². The van der Waals surface area contributed by atoms with E-state index in [4.69, 9.17) is 21.1 Å². The summed E-state index contributed by atoms with van der Waals surface area (Å²) >= 11 is 5.98. The SMILES string of the molecule is COC(=O)c1ccc(CN(C2CCCN(C(=O)OCC(C)(C)C)C2)S(=O)(=O)c2ccc(Cl)cc2)cc1. The number of halogens is 1. The third-order valence-electron chi connectivity index (χ3n) is 5.82. The minimum absolute atomic E-state index is 0.0714. The highest BCUT2D eigenvalue weighted by atomic mass is 35.5. The van der Waals surface area contributed by atoms with Gasteiger partial charge in [-0.3, -0.25) is 0 Å². The van der Waals surface area contributed by atoms with Crippen LogP contribution in [0.25, 0.3) is 0 Å².